The average molecular weight is 301 g/mol. The molecule has 5 nitrogen and oxygen atoms in total. The van der Waals surface area contributed by atoms with Crippen molar-refractivity contribution in [2.24, 2.45) is 0 Å². The van der Waals surface area contributed by atoms with Gasteiger partial charge in [0.05, 0.1) is 13.2 Å². The van der Waals surface area contributed by atoms with E-state index in [-0.39, 0.29) is 6.04 Å². The first-order chi connectivity index (χ1) is 10.7. The van der Waals surface area contributed by atoms with Gasteiger partial charge in [0.25, 0.3) is 0 Å². The number of piperazine rings is 1. The van der Waals surface area contributed by atoms with Gasteiger partial charge in [-0.15, -0.1) is 0 Å². The van der Waals surface area contributed by atoms with Crippen LogP contribution < -0.4 is 10.1 Å². The molecule has 1 fully saturated rings. The number of hydrogen-bond donors (Lipinski definition) is 2. The van der Waals surface area contributed by atoms with Crippen molar-refractivity contribution in [3.05, 3.63) is 29.5 Å². The summed E-state index contributed by atoms with van der Waals surface area (Å²) in [6, 6.07) is 4.08. The van der Waals surface area contributed by atoms with Gasteiger partial charge in [-0.25, -0.2) is 0 Å². The highest BCUT2D eigenvalue weighted by Gasteiger charge is 2.29. The molecule has 0 saturated carbocycles. The fraction of sp³-hybridized carbons (Fsp3) is 0.471. The Labute approximate surface area is 130 Å². The number of fused-ring (bicyclic) bond motifs is 1. The standard InChI is InChI=1S/C17H23N3O2/c1-11-8-18-6-7-20(11)15(10-21)13-9-19-14-4-5-16(22-3)12(2)17(13)14/h4-5,9-11,15,18-19H,6-8H2,1-3H3. The second kappa shape index (κ2) is 6.10. The van der Waals surface area contributed by atoms with E-state index in [0.29, 0.717) is 6.04 Å². The molecule has 1 aliphatic heterocycles. The van der Waals surface area contributed by atoms with Crippen LogP contribution in [0.1, 0.15) is 24.1 Å². The molecular weight excluding hydrogens is 278 g/mol. The zero-order valence-corrected chi connectivity index (χ0v) is 13.3. The molecule has 1 aromatic carbocycles. The van der Waals surface area contributed by atoms with Crippen molar-refractivity contribution in [3.63, 3.8) is 0 Å². The first kappa shape index (κ1) is 15.1. The molecule has 1 aliphatic rings. The summed E-state index contributed by atoms with van der Waals surface area (Å²) >= 11 is 0. The summed E-state index contributed by atoms with van der Waals surface area (Å²) in [5, 5.41) is 4.47. The third-order valence-corrected chi connectivity index (χ3v) is 4.66. The number of methoxy groups -OCH3 is 1. The zero-order valence-electron chi connectivity index (χ0n) is 13.3. The number of aryl methyl sites for hydroxylation is 1. The van der Waals surface area contributed by atoms with E-state index in [0.717, 1.165) is 53.7 Å². The number of nitrogens with one attached hydrogen (secondary N) is 2. The third kappa shape index (κ3) is 2.40. The van der Waals surface area contributed by atoms with Gasteiger partial charge >= 0.3 is 0 Å². The number of H-pyrrole nitrogens is 1. The first-order valence-electron chi connectivity index (χ1n) is 7.73. The molecule has 3 rings (SSSR count). The summed E-state index contributed by atoms with van der Waals surface area (Å²) in [5.41, 5.74) is 3.16. The Balaban J connectivity index is 2.09. The molecule has 1 saturated heterocycles. The van der Waals surface area contributed by atoms with Crippen molar-refractivity contribution in [3.8, 4) is 5.75 Å². The van der Waals surface area contributed by atoms with Crippen LogP contribution in [0.2, 0.25) is 0 Å². The maximum absolute atomic E-state index is 11.9. The predicted octanol–water partition coefficient (Wildman–Crippen LogP) is 2.02. The van der Waals surface area contributed by atoms with E-state index < -0.39 is 0 Å². The van der Waals surface area contributed by atoms with Gasteiger partial charge < -0.3 is 19.8 Å². The summed E-state index contributed by atoms with van der Waals surface area (Å²) in [6.45, 7) is 6.90. The van der Waals surface area contributed by atoms with E-state index in [2.05, 4.69) is 22.1 Å². The lowest BCUT2D eigenvalue weighted by atomic mass is 9.99. The van der Waals surface area contributed by atoms with E-state index in [1.165, 1.54) is 0 Å². The first-order valence-corrected chi connectivity index (χ1v) is 7.73. The van der Waals surface area contributed by atoms with Crippen LogP contribution in [0, 0.1) is 6.92 Å². The number of carbonyl (C=O) groups is 1. The summed E-state index contributed by atoms with van der Waals surface area (Å²) in [5.74, 6) is 0.853. The molecule has 0 spiro atoms. The van der Waals surface area contributed by atoms with Crippen LogP contribution in [0.4, 0.5) is 0 Å². The molecule has 2 heterocycles. The highest BCUT2D eigenvalue weighted by molar-refractivity contribution is 5.91. The quantitative estimate of drug-likeness (QED) is 0.848. The minimum Gasteiger partial charge on any atom is -0.496 e. The van der Waals surface area contributed by atoms with Crippen molar-refractivity contribution < 1.29 is 9.53 Å². The molecule has 0 aliphatic carbocycles. The van der Waals surface area contributed by atoms with Gasteiger partial charge in [-0.05, 0) is 26.0 Å². The number of aromatic nitrogens is 1. The summed E-state index contributed by atoms with van der Waals surface area (Å²) < 4.78 is 5.43. The fourth-order valence-corrected chi connectivity index (χ4v) is 3.47. The number of rotatable bonds is 4. The largest absolute Gasteiger partial charge is 0.496 e. The highest BCUT2D eigenvalue weighted by Crippen LogP contribution is 2.34. The van der Waals surface area contributed by atoms with Gasteiger partial charge in [0.2, 0.25) is 0 Å². The number of carbonyl (C=O) groups excluding carboxylic acids is 1. The molecule has 5 heteroatoms. The molecule has 2 N–H and O–H groups in total. The van der Waals surface area contributed by atoms with Crippen molar-refractivity contribution >= 4 is 17.2 Å². The number of hydrogen-bond acceptors (Lipinski definition) is 4. The summed E-state index contributed by atoms with van der Waals surface area (Å²) in [7, 11) is 1.68. The van der Waals surface area contributed by atoms with Crippen molar-refractivity contribution in [1.29, 1.82) is 0 Å². The minimum atomic E-state index is -0.225. The van der Waals surface area contributed by atoms with E-state index in [9.17, 15) is 4.79 Å². The summed E-state index contributed by atoms with van der Waals surface area (Å²) in [6.07, 6.45) is 3.02. The zero-order chi connectivity index (χ0) is 15.7. The van der Waals surface area contributed by atoms with Gasteiger partial charge in [-0.2, -0.15) is 0 Å². The lowest BCUT2D eigenvalue weighted by Crippen LogP contribution is -2.51. The van der Waals surface area contributed by atoms with Gasteiger partial charge in [-0.3, -0.25) is 4.90 Å². The fourth-order valence-electron chi connectivity index (χ4n) is 3.47. The third-order valence-electron chi connectivity index (χ3n) is 4.66. The maximum Gasteiger partial charge on any atom is 0.141 e. The minimum absolute atomic E-state index is 0.225. The molecule has 2 aromatic rings. The number of benzene rings is 1. The normalized spacial score (nSPS) is 21.0. The highest BCUT2D eigenvalue weighted by atomic mass is 16.5. The monoisotopic (exact) mass is 301 g/mol. The SMILES string of the molecule is COc1ccc2[nH]cc(C(C=O)N3CCNCC3C)c2c1C. The van der Waals surface area contributed by atoms with Crippen LogP contribution in [-0.4, -0.2) is 49.0 Å². The predicted molar refractivity (Wildman–Crippen MR) is 87.4 cm³/mol. The lowest BCUT2D eigenvalue weighted by Gasteiger charge is -2.37. The van der Waals surface area contributed by atoms with Crippen LogP contribution >= 0.6 is 0 Å². The number of aldehydes is 1. The van der Waals surface area contributed by atoms with Crippen molar-refractivity contribution in [1.82, 2.24) is 15.2 Å². The molecule has 0 radical (unpaired) electrons. The van der Waals surface area contributed by atoms with E-state index in [4.69, 9.17) is 4.74 Å². The molecule has 2 unspecified atom stereocenters. The Morgan fingerprint density at radius 3 is 2.95 bits per heavy atom. The number of aromatic amines is 1. The number of nitrogens with zero attached hydrogens (tertiary/aromatic N) is 1. The molecular formula is C17H23N3O2. The molecule has 1 aromatic heterocycles. The van der Waals surface area contributed by atoms with Gasteiger partial charge in [0, 0.05) is 53.9 Å². The topological polar surface area (TPSA) is 57.4 Å². The molecule has 2 atom stereocenters. The van der Waals surface area contributed by atoms with Crippen LogP contribution in [-0.2, 0) is 4.79 Å². The summed E-state index contributed by atoms with van der Waals surface area (Å²) in [4.78, 5) is 17.4. The van der Waals surface area contributed by atoms with Crippen molar-refractivity contribution in [2.45, 2.75) is 25.9 Å². The Morgan fingerprint density at radius 1 is 1.45 bits per heavy atom. The lowest BCUT2D eigenvalue weighted by molar-refractivity contribution is -0.113. The Hall–Kier alpha value is -1.85. The molecule has 0 amide bonds. The average Bonchev–Trinajstić information content (AvgIpc) is 2.95. The van der Waals surface area contributed by atoms with Crippen LogP contribution in [0.5, 0.6) is 5.75 Å². The van der Waals surface area contributed by atoms with Crippen LogP contribution in [0.25, 0.3) is 10.9 Å². The van der Waals surface area contributed by atoms with Gasteiger partial charge in [-0.1, -0.05) is 0 Å². The second-order valence-electron chi connectivity index (χ2n) is 5.93. The Bertz CT molecular complexity index is 680. The van der Waals surface area contributed by atoms with Crippen molar-refractivity contribution in [2.75, 3.05) is 26.7 Å². The van der Waals surface area contributed by atoms with Crippen LogP contribution in [0.3, 0.4) is 0 Å². The number of ether oxygens (including phenoxy) is 1. The maximum atomic E-state index is 11.9. The van der Waals surface area contributed by atoms with Gasteiger partial charge in [0.15, 0.2) is 0 Å². The smallest absolute Gasteiger partial charge is 0.141 e. The molecule has 0 bridgehead atoms. The van der Waals surface area contributed by atoms with E-state index in [1.54, 1.807) is 7.11 Å². The van der Waals surface area contributed by atoms with E-state index >= 15 is 0 Å². The van der Waals surface area contributed by atoms with Crippen LogP contribution in [0.15, 0.2) is 18.3 Å². The molecule has 22 heavy (non-hydrogen) atoms. The second-order valence-corrected chi connectivity index (χ2v) is 5.93. The Morgan fingerprint density at radius 2 is 2.27 bits per heavy atom. The van der Waals surface area contributed by atoms with Gasteiger partial charge in [0.1, 0.15) is 12.0 Å². The Kier molecular flexibility index (Phi) is 4.18. The molecule has 118 valence electrons. The van der Waals surface area contributed by atoms with E-state index in [1.807, 2.05) is 25.3 Å².